The zero-order valence-corrected chi connectivity index (χ0v) is 8.79. The maximum Gasteiger partial charge on any atom is 0.0351 e. The van der Waals surface area contributed by atoms with Crippen molar-refractivity contribution in [2.75, 3.05) is 46.8 Å². The highest BCUT2D eigenvalue weighted by atomic mass is 15.3. The Kier molecular flexibility index (Phi) is 4.42. The van der Waals surface area contributed by atoms with E-state index in [1.165, 1.54) is 6.54 Å². The molecule has 3 heteroatoms. The molecule has 0 aromatic rings. The Morgan fingerprint density at radius 3 is 2.92 bits per heavy atom. The number of hydrogen-bond acceptors (Lipinski definition) is 3. The molecule has 0 bridgehead atoms. The predicted molar refractivity (Wildman–Crippen MR) is 57.0 cm³/mol. The summed E-state index contributed by atoms with van der Waals surface area (Å²) < 4.78 is 0. The molecule has 3 nitrogen and oxygen atoms in total. The fourth-order valence-corrected chi connectivity index (χ4v) is 1.88. The zero-order valence-electron chi connectivity index (χ0n) is 8.79. The minimum absolute atomic E-state index is 0.641. The summed E-state index contributed by atoms with van der Waals surface area (Å²) in [6.07, 6.45) is 1.99. The van der Waals surface area contributed by atoms with Crippen LogP contribution in [-0.4, -0.2) is 62.7 Å². The summed E-state index contributed by atoms with van der Waals surface area (Å²) >= 11 is 0. The Bertz CT molecular complexity index is 158. The molecule has 1 saturated heterocycles. The van der Waals surface area contributed by atoms with Crippen LogP contribution in [0.4, 0.5) is 0 Å². The predicted octanol–water partition coefficient (Wildman–Crippen LogP) is 0.00780. The molecule has 0 amide bonds. The minimum atomic E-state index is 0.641. The van der Waals surface area contributed by atoms with Gasteiger partial charge in [0.15, 0.2) is 0 Å². The zero-order chi connectivity index (χ0) is 9.68. The van der Waals surface area contributed by atoms with Gasteiger partial charge in [0.25, 0.3) is 0 Å². The standard InChI is InChI=1S/C10H21N3/c1-4-5-13-7-6-12(3)9-10(13)8-11-2/h4,10-11H,1,5-9H2,2-3H3. The summed E-state index contributed by atoms with van der Waals surface area (Å²) in [5.74, 6) is 0. The van der Waals surface area contributed by atoms with E-state index in [9.17, 15) is 0 Å². The molecule has 0 aromatic heterocycles. The molecule has 1 rings (SSSR count). The number of likely N-dealkylation sites (N-methyl/N-ethyl adjacent to an activating group) is 2. The van der Waals surface area contributed by atoms with Crippen LogP contribution in [0.1, 0.15) is 0 Å². The van der Waals surface area contributed by atoms with E-state index in [1.807, 2.05) is 13.1 Å². The summed E-state index contributed by atoms with van der Waals surface area (Å²) in [7, 11) is 4.20. The normalized spacial score (nSPS) is 26.2. The molecule has 1 aliphatic heterocycles. The topological polar surface area (TPSA) is 18.5 Å². The summed E-state index contributed by atoms with van der Waals surface area (Å²) in [5, 5.41) is 3.24. The SMILES string of the molecule is C=CCN1CCN(C)CC1CNC. The van der Waals surface area contributed by atoms with Crippen LogP contribution < -0.4 is 5.32 Å². The molecule has 13 heavy (non-hydrogen) atoms. The van der Waals surface area contributed by atoms with Crippen molar-refractivity contribution in [1.82, 2.24) is 15.1 Å². The smallest absolute Gasteiger partial charge is 0.0351 e. The molecule has 1 unspecified atom stereocenters. The second kappa shape index (κ2) is 5.37. The molecule has 0 spiro atoms. The highest BCUT2D eigenvalue weighted by molar-refractivity contribution is 4.86. The Balaban J connectivity index is 2.44. The van der Waals surface area contributed by atoms with Crippen LogP contribution in [0.25, 0.3) is 0 Å². The van der Waals surface area contributed by atoms with Gasteiger partial charge in [-0.05, 0) is 14.1 Å². The van der Waals surface area contributed by atoms with E-state index in [-0.39, 0.29) is 0 Å². The van der Waals surface area contributed by atoms with E-state index >= 15 is 0 Å². The summed E-state index contributed by atoms with van der Waals surface area (Å²) in [6.45, 7) is 9.37. The van der Waals surface area contributed by atoms with Gasteiger partial charge in [0, 0.05) is 38.8 Å². The first-order valence-corrected chi connectivity index (χ1v) is 4.96. The van der Waals surface area contributed by atoms with Crippen LogP contribution in [0.5, 0.6) is 0 Å². The fourth-order valence-electron chi connectivity index (χ4n) is 1.88. The fraction of sp³-hybridized carbons (Fsp3) is 0.800. The minimum Gasteiger partial charge on any atom is -0.318 e. The average molecular weight is 183 g/mol. The lowest BCUT2D eigenvalue weighted by Crippen LogP contribution is -2.55. The van der Waals surface area contributed by atoms with Gasteiger partial charge in [-0.1, -0.05) is 6.08 Å². The van der Waals surface area contributed by atoms with Crippen LogP contribution >= 0.6 is 0 Å². The van der Waals surface area contributed by atoms with Gasteiger partial charge in [-0.15, -0.1) is 6.58 Å². The Morgan fingerprint density at radius 1 is 1.54 bits per heavy atom. The van der Waals surface area contributed by atoms with Crippen molar-refractivity contribution in [2.45, 2.75) is 6.04 Å². The molecule has 0 aliphatic carbocycles. The Labute approximate surface area is 81.4 Å². The Morgan fingerprint density at radius 2 is 2.31 bits per heavy atom. The van der Waals surface area contributed by atoms with Crippen LogP contribution in [0.2, 0.25) is 0 Å². The number of hydrogen-bond donors (Lipinski definition) is 1. The van der Waals surface area contributed by atoms with Gasteiger partial charge in [-0.3, -0.25) is 4.90 Å². The lowest BCUT2D eigenvalue weighted by atomic mass is 10.1. The average Bonchev–Trinajstić information content (AvgIpc) is 2.10. The lowest BCUT2D eigenvalue weighted by Gasteiger charge is -2.39. The van der Waals surface area contributed by atoms with Gasteiger partial charge in [0.05, 0.1) is 0 Å². The number of nitrogens with zero attached hydrogens (tertiary/aromatic N) is 2. The second-order valence-corrected chi connectivity index (χ2v) is 3.76. The first kappa shape index (κ1) is 10.7. The van der Waals surface area contributed by atoms with Crippen molar-refractivity contribution in [1.29, 1.82) is 0 Å². The van der Waals surface area contributed by atoms with Gasteiger partial charge in [0.1, 0.15) is 0 Å². The van der Waals surface area contributed by atoms with Crippen LogP contribution in [0.15, 0.2) is 12.7 Å². The van der Waals surface area contributed by atoms with Crippen LogP contribution in [0.3, 0.4) is 0 Å². The second-order valence-electron chi connectivity index (χ2n) is 3.76. The quantitative estimate of drug-likeness (QED) is 0.619. The van der Waals surface area contributed by atoms with E-state index < -0.39 is 0 Å². The molecular weight excluding hydrogens is 162 g/mol. The van der Waals surface area contributed by atoms with E-state index in [0.717, 1.165) is 26.2 Å². The molecule has 1 aliphatic rings. The highest BCUT2D eigenvalue weighted by Crippen LogP contribution is 2.07. The van der Waals surface area contributed by atoms with Crippen molar-refractivity contribution < 1.29 is 0 Å². The maximum absolute atomic E-state index is 3.79. The van der Waals surface area contributed by atoms with Gasteiger partial charge in [-0.25, -0.2) is 0 Å². The number of nitrogens with one attached hydrogen (secondary N) is 1. The van der Waals surface area contributed by atoms with Crippen LogP contribution in [-0.2, 0) is 0 Å². The maximum atomic E-state index is 3.79. The molecule has 0 saturated carbocycles. The first-order valence-electron chi connectivity index (χ1n) is 4.96. The first-order chi connectivity index (χ1) is 6.27. The molecule has 1 heterocycles. The number of piperazine rings is 1. The molecular formula is C10H21N3. The van der Waals surface area contributed by atoms with Crippen molar-refractivity contribution in [3.63, 3.8) is 0 Å². The molecule has 1 N–H and O–H groups in total. The molecule has 1 fully saturated rings. The molecule has 0 radical (unpaired) electrons. The van der Waals surface area contributed by atoms with Crippen molar-refractivity contribution >= 4 is 0 Å². The van der Waals surface area contributed by atoms with Gasteiger partial charge < -0.3 is 10.2 Å². The molecule has 76 valence electrons. The third-order valence-corrected chi connectivity index (χ3v) is 2.61. The van der Waals surface area contributed by atoms with Gasteiger partial charge in [-0.2, -0.15) is 0 Å². The van der Waals surface area contributed by atoms with Gasteiger partial charge in [0.2, 0.25) is 0 Å². The highest BCUT2D eigenvalue weighted by Gasteiger charge is 2.22. The molecule has 1 atom stereocenters. The van der Waals surface area contributed by atoms with E-state index in [0.29, 0.717) is 6.04 Å². The number of rotatable bonds is 4. The van der Waals surface area contributed by atoms with E-state index in [2.05, 4.69) is 28.7 Å². The summed E-state index contributed by atoms with van der Waals surface area (Å²) in [4.78, 5) is 4.88. The third kappa shape index (κ3) is 3.10. The Hall–Kier alpha value is -0.380. The lowest BCUT2D eigenvalue weighted by molar-refractivity contribution is 0.101. The van der Waals surface area contributed by atoms with Gasteiger partial charge >= 0.3 is 0 Å². The van der Waals surface area contributed by atoms with Crippen molar-refractivity contribution in [3.8, 4) is 0 Å². The largest absolute Gasteiger partial charge is 0.318 e. The van der Waals surface area contributed by atoms with Crippen LogP contribution in [0, 0.1) is 0 Å². The van der Waals surface area contributed by atoms with E-state index in [4.69, 9.17) is 0 Å². The monoisotopic (exact) mass is 183 g/mol. The third-order valence-electron chi connectivity index (χ3n) is 2.61. The van der Waals surface area contributed by atoms with Crippen molar-refractivity contribution in [3.05, 3.63) is 12.7 Å². The summed E-state index contributed by atoms with van der Waals surface area (Å²) in [5.41, 5.74) is 0. The summed E-state index contributed by atoms with van der Waals surface area (Å²) in [6, 6.07) is 0.641. The molecule has 0 aromatic carbocycles. The van der Waals surface area contributed by atoms with E-state index in [1.54, 1.807) is 0 Å². The van der Waals surface area contributed by atoms with Crippen molar-refractivity contribution in [2.24, 2.45) is 0 Å².